The van der Waals surface area contributed by atoms with Gasteiger partial charge in [0.05, 0.1) is 16.8 Å². The van der Waals surface area contributed by atoms with E-state index in [1.807, 2.05) is 6.07 Å². The van der Waals surface area contributed by atoms with Crippen LogP contribution in [0.1, 0.15) is 25.7 Å². The number of likely N-dealkylation sites (tertiary alicyclic amines) is 1. The highest BCUT2D eigenvalue weighted by atomic mass is 19.1. The molecule has 3 aliphatic rings. The third-order valence-electron chi connectivity index (χ3n) is 7.77. The Hall–Kier alpha value is -3.04. The molecule has 0 saturated carbocycles. The molecule has 0 radical (unpaired) electrons. The summed E-state index contributed by atoms with van der Waals surface area (Å²) in [5.41, 5.74) is 6.47. The third-order valence-corrected chi connectivity index (χ3v) is 7.77. The molecule has 184 valence electrons. The monoisotopic (exact) mass is 480 g/mol. The maximum absolute atomic E-state index is 14.8. The molecule has 0 aliphatic carbocycles. The Morgan fingerprint density at radius 3 is 2.63 bits per heavy atom. The number of halogens is 2. The van der Waals surface area contributed by atoms with Gasteiger partial charge in [0.2, 0.25) is 0 Å². The van der Waals surface area contributed by atoms with Crippen LogP contribution in [-0.4, -0.2) is 66.3 Å². The van der Waals surface area contributed by atoms with Crippen molar-refractivity contribution in [3.63, 3.8) is 0 Å². The van der Waals surface area contributed by atoms with Gasteiger partial charge in [-0.1, -0.05) is 6.07 Å². The van der Waals surface area contributed by atoms with Crippen LogP contribution in [0.4, 0.5) is 20.3 Å². The number of nitrogen functional groups attached to an aromatic ring is 1. The molecular weight excluding hydrogens is 450 g/mol. The van der Waals surface area contributed by atoms with Crippen molar-refractivity contribution >= 4 is 22.4 Å². The molecule has 3 saturated heterocycles. The van der Waals surface area contributed by atoms with E-state index in [2.05, 4.69) is 27.1 Å². The predicted octanol–water partition coefficient (Wildman–Crippen LogP) is 3.57. The van der Waals surface area contributed by atoms with Crippen LogP contribution in [0.15, 0.2) is 30.3 Å². The van der Waals surface area contributed by atoms with Crippen LogP contribution in [-0.2, 0) is 0 Å². The van der Waals surface area contributed by atoms with Gasteiger partial charge < -0.3 is 25.6 Å². The molecule has 0 amide bonds. The first-order valence-corrected chi connectivity index (χ1v) is 12.4. The molecule has 6 rings (SSSR count). The van der Waals surface area contributed by atoms with E-state index in [1.165, 1.54) is 12.1 Å². The summed E-state index contributed by atoms with van der Waals surface area (Å²) in [5, 5.41) is 4.36. The van der Waals surface area contributed by atoms with Crippen LogP contribution >= 0.6 is 0 Å². The highest BCUT2D eigenvalue weighted by Gasteiger charge is 2.38. The number of nitrogens with two attached hydrogens (primary N) is 1. The largest absolute Gasteiger partial charge is 0.462 e. The summed E-state index contributed by atoms with van der Waals surface area (Å²) < 4.78 is 35.6. The summed E-state index contributed by atoms with van der Waals surface area (Å²) in [6, 6.07) is 9.04. The molecule has 2 bridgehead atoms. The summed E-state index contributed by atoms with van der Waals surface area (Å²) in [6.07, 6.45) is 4.43. The van der Waals surface area contributed by atoms with Gasteiger partial charge in [0, 0.05) is 36.6 Å². The van der Waals surface area contributed by atoms with Crippen LogP contribution in [0.5, 0.6) is 6.01 Å². The lowest BCUT2D eigenvalue weighted by Crippen LogP contribution is -2.52. The number of likely N-dealkylation sites (N-methyl/N-ethyl adjacent to an activating group) is 1. The Balaban J connectivity index is 1.44. The molecule has 7 nitrogen and oxygen atoms in total. The smallest absolute Gasteiger partial charge is 0.319 e. The first-order chi connectivity index (χ1) is 17.0. The fourth-order valence-electron chi connectivity index (χ4n) is 5.83. The molecule has 9 heteroatoms. The zero-order valence-corrected chi connectivity index (χ0v) is 19.8. The van der Waals surface area contributed by atoms with E-state index in [0.717, 1.165) is 56.5 Å². The molecule has 3 N–H and O–H groups in total. The molecule has 1 aromatic heterocycles. The van der Waals surface area contributed by atoms with Gasteiger partial charge >= 0.3 is 6.01 Å². The number of nitrogens with one attached hydrogen (secondary N) is 1. The van der Waals surface area contributed by atoms with E-state index in [-0.39, 0.29) is 11.3 Å². The first-order valence-electron chi connectivity index (χ1n) is 12.4. The Labute approximate surface area is 203 Å². The second-order valence-corrected chi connectivity index (χ2v) is 9.93. The molecular formula is C26H30F2N6O. The third kappa shape index (κ3) is 3.96. The average Bonchev–Trinajstić information content (AvgIpc) is 3.37. The van der Waals surface area contributed by atoms with Crippen molar-refractivity contribution in [1.29, 1.82) is 0 Å². The van der Waals surface area contributed by atoms with Gasteiger partial charge in [0.1, 0.15) is 18.2 Å². The number of nitrogens with zero attached hydrogens (tertiary/aromatic N) is 4. The predicted molar refractivity (Wildman–Crippen MR) is 133 cm³/mol. The quantitative estimate of drug-likeness (QED) is 0.541. The van der Waals surface area contributed by atoms with Crippen LogP contribution in [0.25, 0.3) is 22.0 Å². The number of rotatable bonds is 5. The molecule has 2 unspecified atom stereocenters. The average molecular weight is 481 g/mol. The van der Waals surface area contributed by atoms with Gasteiger partial charge in [0.15, 0.2) is 5.82 Å². The highest BCUT2D eigenvalue weighted by molar-refractivity contribution is 5.93. The molecule has 0 spiro atoms. The summed E-state index contributed by atoms with van der Waals surface area (Å²) in [7, 11) is 2.10. The van der Waals surface area contributed by atoms with Crippen molar-refractivity contribution in [2.45, 2.75) is 43.8 Å². The molecule has 3 aromatic rings. The number of anilines is 2. The second-order valence-electron chi connectivity index (χ2n) is 9.93. The number of fused-ring (bicyclic) bond motifs is 3. The lowest BCUT2D eigenvalue weighted by atomic mass is 10.0. The van der Waals surface area contributed by atoms with Crippen molar-refractivity contribution in [2.24, 2.45) is 0 Å². The number of aromatic nitrogens is 2. The summed E-state index contributed by atoms with van der Waals surface area (Å²) in [6.45, 7) is 3.38. The van der Waals surface area contributed by atoms with Crippen molar-refractivity contribution in [3.05, 3.63) is 42.0 Å². The zero-order valence-electron chi connectivity index (χ0n) is 19.8. The fourth-order valence-corrected chi connectivity index (χ4v) is 5.83. The minimum absolute atomic E-state index is 0.0908. The zero-order chi connectivity index (χ0) is 24.1. The Morgan fingerprint density at radius 1 is 1.09 bits per heavy atom. The Bertz CT molecular complexity index is 1250. The van der Waals surface area contributed by atoms with E-state index in [9.17, 15) is 8.78 Å². The van der Waals surface area contributed by atoms with E-state index >= 15 is 0 Å². The lowest BCUT2D eigenvalue weighted by Gasteiger charge is -2.37. The van der Waals surface area contributed by atoms with Crippen molar-refractivity contribution in [1.82, 2.24) is 20.2 Å². The minimum Gasteiger partial charge on any atom is -0.462 e. The minimum atomic E-state index is -0.764. The highest BCUT2D eigenvalue weighted by Crippen LogP contribution is 2.38. The topological polar surface area (TPSA) is 79.5 Å². The van der Waals surface area contributed by atoms with Gasteiger partial charge in [-0.25, -0.2) is 8.78 Å². The maximum atomic E-state index is 14.8. The first kappa shape index (κ1) is 22.4. The second kappa shape index (κ2) is 8.87. The molecule has 2 aromatic carbocycles. The van der Waals surface area contributed by atoms with E-state index in [1.54, 1.807) is 12.1 Å². The fraction of sp³-hybridized carbons (Fsp3) is 0.462. The molecule has 4 heterocycles. The molecule has 3 aliphatic heterocycles. The maximum Gasteiger partial charge on any atom is 0.319 e. The van der Waals surface area contributed by atoms with Gasteiger partial charge in [-0.2, -0.15) is 9.97 Å². The number of piperazine rings is 1. The number of hydrogen-bond acceptors (Lipinski definition) is 7. The van der Waals surface area contributed by atoms with E-state index in [4.69, 9.17) is 15.5 Å². The van der Waals surface area contributed by atoms with E-state index < -0.39 is 11.6 Å². The van der Waals surface area contributed by atoms with Crippen LogP contribution < -0.4 is 20.7 Å². The number of benzene rings is 2. The molecule has 35 heavy (non-hydrogen) atoms. The van der Waals surface area contributed by atoms with Crippen molar-refractivity contribution in [2.75, 3.05) is 43.9 Å². The Morgan fingerprint density at radius 2 is 1.89 bits per heavy atom. The van der Waals surface area contributed by atoms with Crippen LogP contribution in [0.2, 0.25) is 0 Å². The summed E-state index contributed by atoms with van der Waals surface area (Å²) in [5.74, 6) is -0.593. The number of hydrogen-bond donors (Lipinski definition) is 2. The number of ether oxygens (including phenoxy) is 1. The normalized spacial score (nSPS) is 24.4. The standard InChI is InChI=1S/C26H30F2N6O/c1-33-10-2-3-18(33)14-35-26-31-22-11-15(23-20(27)8-9-21(29)24(23)28)4-7-19(22)25(32-26)34-16-5-6-17(34)13-30-12-16/h4,7-9,11,16-18,30H,2-3,5-6,10,12-14,29H2,1H3/t16?,17?,18-/m0/s1. The van der Waals surface area contributed by atoms with Crippen molar-refractivity contribution in [3.8, 4) is 17.1 Å². The molecule has 3 atom stereocenters. The van der Waals surface area contributed by atoms with Crippen molar-refractivity contribution < 1.29 is 13.5 Å². The van der Waals surface area contributed by atoms with Gasteiger partial charge in [-0.05, 0) is 69.1 Å². The van der Waals surface area contributed by atoms with Gasteiger partial charge in [-0.15, -0.1) is 0 Å². The summed E-state index contributed by atoms with van der Waals surface area (Å²) >= 11 is 0. The SMILES string of the molecule is CN1CCC[C@H]1COc1nc(N2C3CCC2CNC3)c2ccc(-c3c(F)ccc(N)c3F)cc2n1. The van der Waals surface area contributed by atoms with E-state index in [0.29, 0.717) is 41.8 Å². The van der Waals surface area contributed by atoms with Crippen LogP contribution in [0.3, 0.4) is 0 Å². The molecule has 3 fully saturated rings. The summed E-state index contributed by atoms with van der Waals surface area (Å²) in [4.78, 5) is 14.2. The Kier molecular flexibility index (Phi) is 5.69. The van der Waals surface area contributed by atoms with Crippen LogP contribution in [0, 0.1) is 11.6 Å². The lowest BCUT2D eigenvalue weighted by molar-refractivity contribution is 0.188. The van der Waals surface area contributed by atoms with Gasteiger partial charge in [0.25, 0.3) is 0 Å². The van der Waals surface area contributed by atoms with Gasteiger partial charge in [-0.3, -0.25) is 0 Å².